The lowest BCUT2D eigenvalue weighted by molar-refractivity contribution is -0.127. The normalized spacial score (nSPS) is 21.8. The van der Waals surface area contributed by atoms with Gasteiger partial charge in [0, 0.05) is 72.2 Å². The minimum Gasteiger partial charge on any atom is -0.351 e. The number of anilines is 2. The molecule has 2 saturated heterocycles. The predicted molar refractivity (Wildman–Crippen MR) is 174 cm³/mol. The summed E-state index contributed by atoms with van der Waals surface area (Å²) in [5, 5.41) is 12.4. The number of amides is 1. The summed E-state index contributed by atoms with van der Waals surface area (Å²) in [7, 11) is 0. The molecule has 2 N–H and O–H groups in total. The van der Waals surface area contributed by atoms with Crippen LogP contribution in [0, 0.1) is 12.7 Å². The second kappa shape index (κ2) is 11.3. The van der Waals surface area contributed by atoms with Gasteiger partial charge in [0.1, 0.15) is 11.3 Å². The number of halogens is 2. The molecule has 230 valence electrons. The first kappa shape index (κ1) is 29.0. The molecule has 2 aromatic carbocycles. The highest BCUT2D eigenvalue weighted by molar-refractivity contribution is 6.35. The first-order valence-corrected chi connectivity index (χ1v) is 15.9. The van der Waals surface area contributed by atoms with Gasteiger partial charge in [-0.25, -0.2) is 9.37 Å². The van der Waals surface area contributed by atoms with Crippen LogP contribution in [0.4, 0.5) is 16.2 Å². The topological polar surface area (TPSA) is 93.3 Å². The number of piperazine rings is 1. The lowest BCUT2D eigenvalue weighted by atomic mass is 9.95. The van der Waals surface area contributed by atoms with Gasteiger partial charge in [0.05, 0.1) is 16.7 Å². The number of carbonyl (C=O) groups excluding carboxylic acids is 1. The number of piperidine rings is 1. The number of hydrogen-bond donors (Lipinski definition) is 2. The molecule has 3 aliphatic rings. The van der Waals surface area contributed by atoms with Crippen molar-refractivity contribution in [1.82, 2.24) is 30.0 Å². The highest BCUT2D eigenvalue weighted by Gasteiger charge is 2.35. The fourth-order valence-corrected chi connectivity index (χ4v) is 7.50. The van der Waals surface area contributed by atoms with Crippen LogP contribution in [-0.4, -0.2) is 86.2 Å². The Balaban J connectivity index is 1.35. The van der Waals surface area contributed by atoms with Crippen LogP contribution in [0.2, 0.25) is 5.02 Å². The van der Waals surface area contributed by atoms with Gasteiger partial charge in [0.2, 0.25) is 11.9 Å². The van der Waals surface area contributed by atoms with Gasteiger partial charge >= 0.3 is 0 Å². The molecule has 1 aliphatic carbocycles. The van der Waals surface area contributed by atoms with Gasteiger partial charge in [0.15, 0.2) is 5.82 Å². The summed E-state index contributed by atoms with van der Waals surface area (Å²) >= 11 is 6.96. The maximum atomic E-state index is 17.0. The zero-order valence-corrected chi connectivity index (χ0v) is 26.2. The van der Waals surface area contributed by atoms with Crippen LogP contribution in [0.25, 0.3) is 32.9 Å². The summed E-state index contributed by atoms with van der Waals surface area (Å²) in [6.45, 7) is 12.8. The van der Waals surface area contributed by atoms with Crippen molar-refractivity contribution in [3.8, 4) is 11.1 Å². The summed E-state index contributed by atoms with van der Waals surface area (Å²) in [4.78, 5) is 28.9. The number of likely N-dealkylation sites (tertiary alicyclic amines) is 1. The number of aromatic amines is 1. The van der Waals surface area contributed by atoms with Gasteiger partial charge in [-0.2, -0.15) is 10.1 Å². The molecule has 2 atom stereocenters. The molecule has 4 aromatic rings. The van der Waals surface area contributed by atoms with Gasteiger partial charge in [0.25, 0.3) is 0 Å². The third-order valence-electron chi connectivity index (χ3n) is 9.52. The van der Waals surface area contributed by atoms with Crippen LogP contribution < -0.4 is 10.2 Å². The SMILES string of the molecule is C=CC(=O)N1C[C@@H](C)N(c2nc(NC3CCN(C4CC4)CC3)nc3c(F)c(-c4c(C)ccc5[nH]ncc45)c(Cl)cc23)[C@@H](C)C1. The van der Waals surface area contributed by atoms with E-state index in [0.717, 1.165) is 48.4 Å². The summed E-state index contributed by atoms with van der Waals surface area (Å²) in [6, 6.07) is 6.44. The van der Waals surface area contributed by atoms with Crippen molar-refractivity contribution in [3.05, 3.63) is 53.5 Å². The number of benzene rings is 2. The van der Waals surface area contributed by atoms with Crippen molar-refractivity contribution in [3.63, 3.8) is 0 Å². The van der Waals surface area contributed by atoms with Gasteiger partial charge in [-0.1, -0.05) is 24.2 Å². The molecule has 1 amide bonds. The van der Waals surface area contributed by atoms with Gasteiger partial charge in [-0.3, -0.25) is 9.89 Å². The van der Waals surface area contributed by atoms with Crippen LogP contribution >= 0.6 is 11.6 Å². The molecule has 9 nitrogen and oxygen atoms in total. The van der Waals surface area contributed by atoms with Gasteiger partial charge in [-0.05, 0) is 70.2 Å². The van der Waals surface area contributed by atoms with Crippen LogP contribution in [0.15, 0.2) is 37.1 Å². The standard InChI is InChI=1S/C33H38ClFN8O/c1-5-27(44)42-16-19(3)43(20(4)17-42)32-23-14-25(34)29(28-18(2)6-9-26-24(28)15-36-40-26)30(35)31(23)38-33(39-32)37-21-10-12-41(13-11-21)22-7-8-22/h5-6,9,14-15,19-22H,1,7-8,10-13,16-17H2,2-4H3,(H,36,40)(H,37,38,39)/t19-,20+. The number of aryl methyl sites for hydroxylation is 1. The van der Waals surface area contributed by atoms with E-state index in [1.807, 2.05) is 19.1 Å². The highest BCUT2D eigenvalue weighted by Crippen LogP contribution is 2.43. The molecule has 0 bridgehead atoms. The maximum Gasteiger partial charge on any atom is 0.246 e. The summed E-state index contributed by atoms with van der Waals surface area (Å²) in [6.07, 6.45) is 7.63. The van der Waals surface area contributed by atoms with Crippen LogP contribution in [-0.2, 0) is 4.79 Å². The van der Waals surface area contributed by atoms with Crippen molar-refractivity contribution in [2.75, 3.05) is 36.4 Å². The van der Waals surface area contributed by atoms with E-state index in [-0.39, 0.29) is 34.6 Å². The second-order valence-electron chi connectivity index (χ2n) is 12.6. The van der Waals surface area contributed by atoms with E-state index in [0.29, 0.717) is 41.4 Å². The molecule has 1 saturated carbocycles. The van der Waals surface area contributed by atoms with E-state index in [2.05, 4.69) is 45.7 Å². The molecular formula is C33H38ClFN8O. The lowest BCUT2D eigenvalue weighted by Gasteiger charge is -2.45. The van der Waals surface area contributed by atoms with Gasteiger partial charge in [-0.15, -0.1) is 0 Å². The van der Waals surface area contributed by atoms with E-state index in [1.54, 1.807) is 17.2 Å². The Hall–Kier alpha value is -3.76. The van der Waals surface area contributed by atoms with Crippen LogP contribution in [0.5, 0.6) is 0 Å². The molecule has 2 aromatic heterocycles. The fraction of sp³-hybridized carbons (Fsp3) is 0.455. The van der Waals surface area contributed by atoms with Gasteiger partial charge < -0.3 is 20.0 Å². The number of fused-ring (bicyclic) bond motifs is 2. The van der Waals surface area contributed by atoms with E-state index >= 15 is 4.39 Å². The largest absolute Gasteiger partial charge is 0.351 e. The summed E-state index contributed by atoms with van der Waals surface area (Å²) in [5.41, 5.74) is 2.91. The van der Waals surface area contributed by atoms with Crippen molar-refractivity contribution in [2.24, 2.45) is 0 Å². The monoisotopic (exact) mass is 616 g/mol. The fourth-order valence-electron chi connectivity index (χ4n) is 7.21. The molecule has 4 heterocycles. The Bertz CT molecular complexity index is 1750. The number of rotatable bonds is 6. The number of aromatic nitrogens is 4. The minimum atomic E-state index is -0.486. The van der Waals surface area contributed by atoms with Crippen LogP contribution in [0.3, 0.4) is 0 Å². The Morgan fingerprint density at radius 3 is 2.50 bits per heavy atom. The molecule has 2 aliphatic heterocycles. The van der Waals surface area contributed by atoms with Crippen molar-refractivity contribution in [2.45, 2.75) is 70.6 Å². The Labute approximate surface area is 261 Å². The third kappa shape index (κ3) is 5.07. The molecule has 7 rings (SSSR count). The molecule has 0 unspecified atom stereocenters. The number of nitrogens with one attached hydrogen (secondary N) is 2. The third-order valence-corrected chi connectivity index (χ3v) is 9.82. The highest BCUT2D eigenvalue weighted by atomic mass is 35.5. The Kier molecular flexibility index (Phi) is 7.45. The average Bonchev–Trinajstić information content (AvgIpc) is 3.75. The Morgan fingerprint density at radius 2 is 1.82 bits per heavy atom. The maximum absolute atomic E-state index is 17.0. The molecule has 0 spiro atoms. The van der Waals surface area contributed by atoms with E-state index in [4.69, 9.17) is 21.6 Å². The number of nitrogens with zero attached hydrogens (tertiary/aromatic N) is 6. The second-order valence-corrected chi connectivity index (χ2v) is 13.0. The molecule has 44 heavy (non-hydrogen) atoms. The summed E-state index contributed by atoms with van der Waals surface area (Å²) < 4.78 is 17.0. The predicted octanol–water partition coefficient (Wildman–Crippen LogP) is 5.92. The van der Waals surface area contributed by atoms with Crippen molar-refractivity contribution >= 4 is 51.1 Å². The lowest BCUT2D eigenvalue weighted by Crippen LogP contribution is -2.58. The van der Waals surface area contributed by atoms with Crippen molar-refractivity contribution < 1.29 is 9.18 Å². The van der Waals surface area contributed by atoms with Crippen molar-refractivity contribution in [1.29, 1.82) is 0 Å². The van der Waals surface area contributed by atoms with E-state index < -0.39 is 5.82 Å². The zero-order valence-electron chi connectivity index (χ0n) is 25.4. The summed E-state index contributed by atoms with van der Waals surface area (Å²) in [5.74, 6) is 0.439. The first-order valence-electron chi connectivity index (χ1n) is 15.6. The van der Waals surface area contributed by atoms with Crippen LogP contribution in [0.1, 0.15) is 45.1 Å². The van der Waals surface area contributed by atoms with E-state index in [9.17, 15) is 4.79 Å². The first-order chi connectivity index (χ1) is 21.2. The smallest absolute Gasteiger partial charge is 0.246 e. The molecule has 0 radical (unpaired) electrons. The zero-order chi connectivity index (χ0) is 30.7. The molecule has 3 fully saturated rings. The molecular weight excluding hydrogens is 579 g/mol. The number of hydrogen-bond acceptors (Lipinski definition) is 7. The van der Waals surface area contributed by atoms with E-state index in [1.165, 1.54) is 18.9 Å². The quantitative estimate of drug-likeness (QED) is 0.260. The molecule has 11 heteroatoms. The minimum absolute atomic E-state index is 0.0844. The Morgan fingerprint density at radius 1 is 1.09 bits per heavy atom. The number of carbonyl (C=O) groups is 1. The number of H-pyrrole nitrogens is 1. The average molecular weight is 617 g/mol.